The molecule has 0 heterocycles. The molecule has 0 bridgehead atoms. The lowest BCUT2D eigenvalue weighted by atomic mass is 10.1. The Kier molecular flexibility index (Phi) is 12.8. The van der Waals surface area contributed by atoms with Gasteiger partial charge in [-0.3, -0.25) is 8.87 Å². The van der Waals surface area contributed by atoms with Crippen LogP contribution in [0.1, 0.15) is 20.8 Å². The smallest absolute Gasteiger partial charge is 0.484 e. The lowest BCUT2D eigenvalue weighted by molar-refractivity contribution is 0.249. The minimum Gasteiger partial charge on any atom is -0.484 e. The highest BCUT2D eigenvalue weighted by Crippen LogP contribution is 2.40. The molecule has 0 aliphatic heterocycles. The van der Waals surface area contributed by atoms with E-state index in [-0.39, 0.29) is 37.8 Å². The summed E-state index contributed by atoms with van der Waals surface area (Å²) in [6.07, 6.45) is 0. The second-order valence-electron chi connectivity index (χ2n) is 9.86. The topological polar surface area (TPSA) is 27.7 Å². The first kappa shape index (κ1) is 40.6. The third-order valence-corrected chi connectivity index (χ3v) is 7.16. The van der Waals surface area contributed by atoms with Gasteiger partial charge in [0.25, 0.3) is 0 Å². The van der Waals surface area contributed by atoms with Crippen molar-refractivity contribution in [3.63, 3.8) is 0 Å². The molecule has 0 aromatic heterocycles. The molecular weight excluding hydrogens is 737 g/mol. The first-order chi connectivity index (χ1) is 23.8. The third kappa shape index (κ3) is 8.07. The predicted molar refractivity (Wildman–Crippen MR) is 145 cm³/mol. The Hall–Kier alpha value is -4.82. The third-order valence-electron chi connectivity index (χ3n) is 7.16. The second-order valence-corrected chi connectivity index (χ2v) is 9.86. The molecule has 0 saturated heterocycles. The number of rotatable bonds is 10. The lowest BCUT2D eigenvalue weighted by Gasteiger charge is -2.35. The van der Waals surface area contributed by atoms with Crippen molar-refractivity contribution in [2.45, 2.75) is 20.8 Å². The van der Waals surface area contributed by atoms with Crippen LogP contribution in [0.2, 0.25) is 0 Å². The van der Waals surface area contributed by atoms with Crippen molar-refractivity contribution in [1.29, 1.82) is 0 Å². The van der Waals surface area contributed by atoms with Crippen molar-refractivity contribution in [1.82, 2.24) is 4.48 Å². The maximum absolute atomic E-state index is 15.6. The Labute approximate surface area is 277 Å². The Morgan fingerprint density at radius 3 is 1.25 bits per heavy atom. The van der Waals surface area contributed by atoms with Crippen molar-refractivity contribution < 1.29 is 84.2 Å². The summed E-state index contributed by atoms with van der Waals surface area (Å²) in [7, 11) is -3.27. The summed E-state index contributed by atoms with van der Waals surface area (Å²) in [5.41, 5.74) is -1.11. The first-order valence-corrected chi connectivity index (χ1v) is 13.9. The molecule has 0 aliphatic rings. The zero-order valence-electron chi connectivity index (χ0n) is 25.7. The maximum atomic E-state index is 15.6. The van der Waals surface area contributed by atoms with Gasteiger partial charge in [-0.05, 0) is 20.8 Å². The van der Waals surface area contributed by atoms with Crippen molar-refractivity contribution in [3.8, 4) is 17.2 Å². The van der Waals surface area contributed by atoms with Crippen LogP contribution in [0.25, 0.3) is 0 Å². The van der Waals surface area contributed by atoms with Crippen LogP contribution in [-0.4, -0.2) is 27.0 Å². The van der Waals surface area contributed by atoms with Crippen LogP contribution in [0.3, 0.4) is 0 Å². The highest BCUT2D eigenvalue weighted by atomic mass is 19.2. The molecule has 0 spiro atoms. The van der Waals surface area contributed by atoms with E-state index in [2.05, 4.69) is 14.0 Å². The summed E-state index contributed by atoms with van der Waals surface area (Å²) in [6.45, 7) is 4.01. The van der Waals surface area contributed by atoms with E-state index >= 15 is 4.39 Å². The predicted octanol–water partition coefficient (Wildman–Crippen LogP) is 9.29. The first-order valence-electron chi connectivity index (χ1n) is 13.9. The molecule has 4 aromatic rings. The maximum Gasteiger partial charge on any atom is 0.864 e. The molecule has 0 atom stereocenters. The van der Waals surface area contributed by atoms with Crippen LogP contribution in [0.15, 0.2) is 18.2 Å². The summed E-state index contributed by atoms with van der Waals surface area (Å²) in [5.74, 6) is -38.6. The average molecular weight is 755 g/mol. The number of nitrogens with zero attached hydrogens (tertiary/aromatic N) is 1. The van der Waals surface area contributed by atoms with Crippen molar-refractivity contribution in [2.75, 3.05) is 19.6 Å². The molecule has 276 valence electrons. The molecule has 0 unspecified atom stereocenters. The summed E-state index contributed by atoms with van der Waals surface area (Å²) < 4.78 is 232. The number of hydrogen-bond acceptors (Lipinski definition) is 3. The zero-order chi connectivity index (χ0) is 38.7. The number of benzene rings is 4. The molecule has 0 amide bonds. The minimum atomic E-state index is -3.27. The van der Waals surface area contributed by atoms with Gasteiger partial charge in [0.1, 0.15) is 0 Å². The van der Waals surface area contributed by atoms with Crippen LogP contribution in [-0.2, 0) is 0 Å². The number of quaternary nitrogens is 1. The van der Waals surface area contributed by atoms with E-state index in [9.17, 15) is 65.9 Å². The number of hydrogen-bond donors (Lipinski definition) is 0. The summed E-state index contributed by atoms with van der Waals surface area (Å²) >= 11 is 0. The number of halogens is 16. The minimum absolute atomic E-state index is 0.0989. The monoisotopic (exact) mass is 755 g/mol. The Balaban J connectivity index is 0.000000602. The Morgan fingerprint density at radius 1 is 0.451 bits per heavy atom. The quantitative estimate of drug-likeness (QED) is 0.0404. The standard InChI is InChI=1S/C24H17BF12NO3.C6HF4/c1-4-38(5-2,6-3)21-16(33)15(32)19(36)24(20(21)37)41-25(39-22-11(28)7-9(26)13(30)17(22)34)40-23-12(29)8-10(27)14(31)18(23)35;7-3-1-4(8)6(10)5(9)2-3/h7-8H,4-6H2,1-3H3;1H/q+1;-1. The van der Waals surface area contributed by atoms with Crippen LogP contribution in [0.5, 0.6) is 17.2 Å². The lowest BCUT2D eigenvalue weighted by Crippen LogP contribution is -2.50. The van der Waals surface area contributed by atoms with Gasteiger partial charge >= 0.3 is 7.32 Å². The molecule has 51 heavy (non-hydrogen) atoms. The molecule has 0 aliphatic carbocycles. The van der Waals surface area contributed by atoms with E-state index in [1.807, 2.05) is 0 Å². The molecule has 4 aromatic carbocycles. The Morgan fingerprint density at radius 2 is 0.843 bits per heavy atom. The molecule has 0 N–H and O–H groups in total. The molecule has 0 fully saturated rings. The van der Waals surface area contributed by atoms with E-state index < -0.39 is 128 Å². The van der Waals surface area contributed by atoms with E-state index in [1.54, 1.807) is 0 Å². The highest BCUT2D eigenvalue weighted by Gasteiger charge is 2.44. The van der Waals surface area contributed by atoms with Gasteiger partial charge in [0.2, 0.25) is 40.6 Å². The van der Waals surface area contributed by atoms with Gasteiger partial charge in [0, 0.05) is 17.9 Å². The molecule has 4 nitrogen and oxygen atoms in total. The van der Waals surface area contributed by atoms with Gasteiger partial charge in [0.15, 0.2) is 52.2 Å². The van der Waals surface area contributed by atoms with E-state index in [1.165, 1.54) is 26.8 Å². The van der Waals surface area contributed by atoms with Crippen molar-refractivity contribution >= 4 is 13.0 Å². The van der Waals surface area contributed by atoms with Crippen LogP contribution in [0.4, 0.5) is 75.9 Å². The second kappa shape index (κ2) is 16.0. The normalized spacial score (nSPS) is 11.3. The van der Waals surface area contributed by atoms with E-state index in [4.69, 9.17) is 0 Å². The molecule has 0 radical (unpaired) electrons. The molecular formula is C30H18BF16NO3. The fourth-order valence-electron chi connectivity index (χ4n) is 4.42. The fourth-order valence-corrected chi connectivity index (χ4v) is 4.42. The SMILES string of the molecule is CC[N+](CC)(CC)c1c(F)c(F)c(F)c(OB(Oc2c(F)cc(F)c(F)c2F)Oc2c(F)cc(F)c(F)c2F)c1F.Fc1[c-]c(F)c(F)c(F)c1. The Bertz CT molecular complexity index is 1850. The largest absolute Gasteiger partial charge is 0.864 e. The van der Waals surface area contributed by atoms with Crippen molar-refractivity contribution in [3.05, 3.63) is 117 Å². The molecule has 21 heteroatoms. The van der Waals surface area contributed by atoms with Crippen LogP contribution in [0, 0.1) is 99.1 Å². The van der Waals surface area contributed by atoms with Crippen LogP contribution >= 0.6 is 0 Å². The van der Waals surface area contributed by atoms with Gasteiger partial charge in [-0.1, -0.05) is 6.07 Å². The zero-order valence-corrected chi connectivity index (χ0v) is 25.7. The van der Waals surface area contributed by atoms with Gasteiger partial charge in [-0.15, -0.1) is 6.07 Å². The summed E-state index contributed by atoms with van der Waals surface area (Å²) in [4.78, 5) is 0. The molecule has 4 rings (SSSR count). The summed E-state index contributed by atoms with van der Waals surface area (Å²) in [5, 5.41) is 0. The molecule has 0 saturated carbocycles. The van der Waals surface area contributed by atoms with Gasteiger partial charge < -0.3 is 14.0 Å². The highest BCUT2D eigenvalue weighted by molar-refractivity contribution is 6.39. The summed E-state index contributed by atoms with van der Waals surface area (Å²) in [6, 6.07) is 0.988. The van der Waals surface area contributed by atoms with Gasteiger partial charge in [-0.2, -0.15) is 22.0 Å². The van der Waals surface area contributed by atoms with Crippen molar-refractivity contribution in [2.24, 2.45) is 0 Å². The van der Waals surface area contributed by atoms with Gasteiger partial charge in [0.05, 0.1) is 37.1 Å². The fraction of sp³-hybridized carbons (Fsp3) is 0.200. The van der Waals surface area contributed by atoms with E-state index in [0.717, 1.165) is 0 Å². The van der Waals surface area contributed by atoms with Gasteiger partial charge in [-0.25, -0.2) is 43.9 Å². The average Bonchev–Trinajstić information content (AvgIpc) is 3.08. The van der Waals surface area contributed by atoms with E-state index in [0.29, 0.717) is 0 Å². The van der Waals surface area contributed by atoms with Crippen LogP contribution < -0.4 is 18.4 Å².